The number of carboxylic acid groups (broad SMARTS) is 1. The first-order chi connectivity index (χ1) is 9.60. The van der Waals surface area contributed by atoms with Crippen LogP contribution in [0.3, 0.4) is 0 Å². The number of imidazole rings is 1. The zero-order valence-corrected chi connectivity index (χ0v) is 11.2. The number of benzene rings is 1. The first-order valence-electron chi connectivity index (χ1n) is 6.53. The summed E-state index contributed by atoms with van der Waals surface area (Å²) in [6, 6.07) is 5.21. The molecule has 2 aromatic rings. The molecular formula is C14H17N3O3. The molecule has 2 rings (SSSR count). The van der Waals surface area contributed by atoms with Crippen molar-refractivity contribution >= 4 is 22.9 Å². The average Bonchev–Trinajstić information content (AvgIpc) is 2.89. The number of hydrogen-bond acceptors (Lipinski definition) is 3. The Morgan fingerprint density at radius 3 is 2.95 bits per heavy atom. The van der Waals surface area contributed by atoms with Gasteiger partial charge in [-0.2, -0.15) is 0 Å². The first kappa shape index (κ1) is 14.0. The molecule has 0 aliphatic rings. The molecule has 6 nitrogen and oxygen atoms in total. The number of aromatic nitrogens is 2. The van der Waals surface area contributed by atoms with E-state index in [0.717, 1.165) is 11.0 Å². The predicted octanol–water partition coefficient (Wildman–Crippen LogP) is 1.79. The molecule has 0 saturated heterocycles. The van der Waals surface area contributed by atoms with Gasteiger partial charge in [0.15, 0.2) is 0 Å². The van der Waals surface area contributed by atoms with Crippen molar-refractivity contribution in [3.8, 4) is 0 Å². The van der Waals surface area contributed by atoms with Crippen molar-refractivity contribution < 1.29 is 14.7 Å². The summed E-state index contributed by atoms with van der Waals surface area (Å²) in [6.07, 6.45) is 2.36. The highest BCUT2D eigenvalue weighted by Gasteiger charge is 2.13. The van der Waals surface area contributed by atoms with E-state index in [1.54, 1.807) is 24.5 Å². The predicted molar refractivity (Wildman–Crippen MR) is 74.5 cm³/mol. The van der Waals surface area contributed by atoms with Crippen LogP contribution in [0.15, 0.2) is 24.5 Å². The minimum atomic E-state index is -0.843. The van der Waals surface area contributed by atoms with Gasteiger partial charge in [-0.05, 0) is 24.1 Å². The molecule has 0 fully saturated rings. The zero-order valence-electron chi connectivity index (χ0n) is 11.2. The number of carboxylic acids is 1. The van der Waals surface area contributed by atoms with Gasteiger partial charge in [-0.25, -0.2) is 4.98 Å². The molecule has 3 N–H and O–H groups in total. The summed E-state index contributed by atoms with van der Waals surface area (Å²) in [6.45, 7) is 2.28. The Balaban J connectivity index is 1.98. The van der Waals surface area contributed by atoms with Gasteiger partial charge in [0, 0.05) is 18.5 Å². The minimum absolute atomic E-state index is 0.0488. The lowest BCUT2D eigenvalue weighted by atomic mass is 10.0. The third-order valence-electron chi connectivity index (χ3n) is 3.27. The van der Waals surface area contributed by atoms with Gasteiger partial charge in [0.1, 0.15) is 0 Å². The number of hydrogen-bond donors (Lipinski definition) is 3. The Bertz CT molecular complexity index is 621. The summed E-state index contributed by atoms with van der Waals surface area (Å²) in [7, 11) is 0. The highest BCUT2D eigenvalue weighted by Crippen LogP contribution is 2.12. The summed E-state index contributed by atoms with van der Waals surface area (Å²) < 4.78 is 0. The van der Waals surface area contributed by atoms with Crippen molar-refractivity contribution in [3.05, 3.63) is 30.1 Å². The zero-order chi connectivity index (χ0) is 14.5. The summed E-state index contributed by atoms with van der Waals surface area (Å²) in [5.41, 5.74) is 2.14. The van der Waals surface area contributed by atoms with Crippen LogP contribution in [0.5, 0.6) is 0 Å². The van der Waals surface area contributed by atoms with Gasteiger partial charge in [0.05, 0.1) is 17.4 Å². The number of nitrogens with one attached hydrogen (secondary N) is 2. The van der Waals surface area contributed by atoms with Crippen molar-refractivity contribution in [2.45, 2.75) is 19.8 Å². The number of carbonyl (C=O) groups excluding carboxylic acids is 1. The third kappa shape index (κ3) is 3.34. The van der Waals surface area contributed by atoms with Crippen molar-refractivity contribution in [1.29, 1.82) is 0 Å². The number of H-pyrrole nitrogens is 1. The Morgan fingerprint density at radius 2 is 2.25 bits per heavy atom. The van der Waals surface area contributed by atoms with Crippen LogP contribution >= 0.6 is 0 Å². The van der Waals surface area contributed by atoms with Crippen molar-refractivity contribution in [3.63, 3.8) is 0 Å². The number of aromatic amines is 1. The maximum atomic E-state index is 12.0. The molecule has 1 atom stereocenters. The second-order valence-electron chi connectivity index (χ2n) is 4.72. The van der Waals surface area contributed by atoms with Crippen LogP contribution in [-0.2, 0) is 4.79 Å². The van der Waals surface area contributed by atoms with Crippen LogP contribution in [-0.4, -0.2) is 33.5 Å². The summed E-state index contributed by atoms with van der Waals surface area (Å²) in [4.78, 5) is 29.7. The van der Waals surface area contributed by atoms with Crippen molar-refractivity contribution in [2.24, 2.45) is 5.92 Å². The standard InChI is InChI=1S/C14H17N3O3/c1-2-9(5-13(18)19)7-15-14(20)10-3-4-11-12(6-10)17-8-16-11/h3-4,6,8-9H,2,5,7H2,1H3,(H,15,20)(H,16,17)(H,18,19). The van der Waals surface area contributed by atoms with E-state index in [1.165, 1.54) is 0 Å². The van der Waals surface area contributed by atoms with Gasteiger partial charge in [0.2, 0.25) is 0 Å². The summed E-state index contributed by atoms with van der Waals surface area (Å²) in [5, 5.41) is 11.5. The van der Waals surface area contributed by atoms with E-state index in [1.807, 2.05) is 6.92 Å². The Kier molecular flexibility index (Phi) is 4.34. The van der Waals surface area contributed by atoms with Crippen LogP contribution in [0.4, 0.5) is 0 Å². The SMILES string of the molecule is CCC(CNC(=O)c1ccc2nc[nH]c2c1)CC(=O)O. The Hall–Kier alpha value is -2.37. The molecular weight excluding hydrogens is 258 g/mol. The second-order valence-corrected chi connectivity index (χ2v) is 4.72. The van der Waals surface area contributed by atoms with Gasteiger partial charge in [-0.1, -0.05) is 13.3 Å². The molecule has 20 heavy (non-hydrogen) atoms. The molecule has 0 aliphatic heterocycles. The van der Waals surface area contributed by atoms with Gasteiger partial charge in [-0.15, -0.1) is 0 Å². The van der Waals surface area contributed by atoms with Gasteiger partial charge < -0.3 is 15.4 Å². The summed E-state index contributed by atoms with van der Waals surface area (Å²) >= 11 is 0. The van der Waals surface area contributed by atoms with Crippen molar-refractivity contribution in [2.75, 3.05) is 6.54 Å². The van der Waals surface area contributed by atoms with Crippen LogP contribution in [0.1, 0.15) is 30.1 Å². The second kappa shape index (κ2) is 6.18. The first-order valence-corrected chi connectivity index (χ1v) is 6.53. The van der Waals surface area contributed by atoms with E-state index < -0.39 is 5.97 Å². The lowest BCUT2D eigenvalue weighted by Gasteiger charge is -2.13. The molecule has 1 amide bonds. The number of carbonyl (C=O) groups is 2. The number of amides is 1. The smallest absolute Gasteiger partial charge is 0.303 e. The molecule has 1 heterocycles. The van der Waals surface area contributed by atoms with Crippen LogP contribution in [0, 0.1) is 5.92 Å². The molecule has 6 heteroatoms. The number of nitrogens with zero attached hydrogens (tertiary/aromatic N) is 1. The average molecular weight is 275 g/mol. The van der Waals surface area contributed by atoms with E-state index in [4.69, 9.17) is 5.11 Å². The normalized spacial score (nSPS) is 12.2. The quantitative estimate of drug-likeness (QED) is 0.749. The molecule has 106 valence electrons. The highest BCUT2D eigenvalue weighted by atomic mass is 16.4. The van der Waals surface area contributed by atoms with E-state index >= 15 is 0 Å². The number of aliphatic carboxylic acids is 1. The largest absolute Gasteiger partial charge is 0.481 e. The van der Waals surface area contributed by atoms with Crippen LogP contribution in [0.2, 0.25) is 0 Å². The third-order valence-corrected chi connectivity index (χ3v) is 3.27. The highest BCUT2D eigenvalue weighted by molar-refractivity contribution is 5.97. The van der Waals surface area contributed by atoms with E-state index in [9.17, 15) is 9.59 Å². The summed E-state index contributed by atoms with van der Waals surface area (Å²) in [5.74, 6) is -1.09. The van der Waals surface area contributed by atoms with Crippen LogP contribution in [0.25, 0.3) is 11.0 Å². The molecule has 1 aromatic carbocycles. The fraction of sp³-hybridized carbons (Fsp3) is 0.357. The number of rotatable bonds is 6. The monoisotopic (exact) mass is 275 g/mol. The van der Waals surface area contributed by atoms with Gasteiger partial charge in [0.25, 0.3) is 5.91 Å². The molecule has 1 unspecified atom stereocenters. The van der Waals surface area contributed by atoms with E-state index in [-0.39, 0.29) is 18.2 Å². The Morgan fingerprint density at radius 1 is 1.45 bits per heavy atom. The van der Waals surface area contributed by atoms with Crippen LogP contribution < -0.4 is 5.32 Å². The minimum Gasteiger partial charge on any atom is -0.481 e. The maximum absolute atomic E-state index is 12.0. The lowest BCUT2D eigenvalue weighted by molar-refractivity contribution is -0.138. The van der Waals surface area contributed by atoms with Crippen molar-refractivity contribution in [1.82, 2.24) is 15.3 Å². The topological polar surface area (TPSA) is 95.1 Å². The van der Waals surface area contributed by atoms with Gasteiger partial charge in [-0.3, -0.25) is 9.59 Å². The fourth-order valence-corrected chi connectivity index (χ4v) is 2.02. The molecule has 0 aliphatic carbocycles. The molecule has 1 aromatic heterocycles. The van der Waals surface area contributed by atoms with E-state index in [2.05, 4.69) is 15.3 Å². The molecule has 0 bridgehead atoms. The molecule has 0 radical (unpaired) electrons. The fourth-order valence-electron chi connectivity index (χ4n) is 2.02. The van der Waals surface area contributed by atoms with Gasteiger partial charge >= 0.3 is 5.97 Å². The lowest BCUT2D eigenvalue weighted by Crippen LogP contribution is -2.30. The Labute approximate surface area is 116 Å². The maximum Gasteiger partial charge on any atom is 0.303 e. The van der Waals surface area contributed by atoms with E-state index in [0.29, 0.717) is 18.5 Å². The number of fused-ring (bicyclic) bond motifs is 1. The molecule has 0 saturated carbocycles. The molecule has 0 spiro atoms.